The third-order valence-electron chi connectivity index (χ3n) is 12.4. The van der Waals surface area contributed by atoms with Crippen molar-refractivity contribution in [1.82, 2.24) is 5.32 Å². The first kappa shape index (κ1) is 65.9. The maximum atomic E-state index is 13.0. The summed E-state index contributed by atoms with van der Waals surface area (Å²) in [4.78, 5) is 25.5. The third-order valence-corrected chi connectivity index (χ3v) is 13.3. The molecule has 2 N–H and O–H groups in total. The van der Waals surface area contributed by atoms with Crippen molar-refractivity contribution in [2.75, 3.05) is 40.9 Å². The van der Waals surface area contributed by atoms with Crippen molar-refractivity contribution >= 4 is 13.7 Å². The average Bonchev–Trinajstić information content (AvgIpc) is 3.30. The molecule has 8 nitrogen and oxygen atoms in total. The number of carbonyl (C=O) groups excluding carboxylic acids is 1. The van der Waals surface area contributed by atoms with E-state index in [4.69, 9.17) is 9.05 Å². The molecule has 0 radical (unpaired) electrons. The zero-order valence-electron chi connectivity index (χ0n) is 45.0. The van der Waals surface area contributed by atoms with Gasteiger partial charge in [0, 0.05) is 6.42 Å². The smallest absolute Gasteiger partial charge is 0.268 e. The van der Waals surface area contributed by atoms with Crippen LogP contribution in [0.25, 0.3) is 0 Å². The Balaban J connectivity index is 4.32. The van der Waals surface area contributed by atoms with E-state index < -0.39 is 26.6 Å². The molecule has 0 aromatic carbocycles. The lowest BCUT2D eigenvalue weighted by Gasteiger charge is -2.29. The lowest BCUT2D eigenvalue weighted by atomic mass is 10.0. The van der Waals surface area contributed by atoms with Crippen molar-refractivity contribution < 1.29 is 32.9 Å². The van der Waals surface area contributed by atoms with E-state index in [0.29, 0.717) is 17.4 Å². The molecule has 0 aromatic rings. The third kappa shape index (κ3) is 51.8. The number of hydrogen-bond acceptors (Lipinski definition) is 6. The van der Waals surface area contributed by atoms with Crippen molar-refractivity contribution in [3.63, 3.8) is 0 Å². The number of phosphoric acid groups is 1. The maximum absolute atomic E-state index is 13.0. The number of aliphatic hydroxyl groups is 1. The predicted octanol–water partition coefficient (Wildman–Crippen LogP) is 16.5. The Bertz CT molecular complexity index is 1330. The van der Waals surface area contributed by atoms with Gasteiger partial charge in [-0.3, -0.25) is 9.36 Å². The van der Waals surface area contributed by atoms with Crippen LogP contribution < -0.4 is 10.2 Å². The number of quaternary nitrogens is 1. The number of likely N-dealkylation sites (N-methyl/N-ethyl adjacent to an activating group) is 1. The molecule has 0 bridgehead atoms. The van der Waals surface area contributed by atoms with Gasteiger partial charge in [-0.15, -0.1) is 0 Å². The molecule has 396 valence electrons. The van der Waals surface area contributed by atoms with Gasteiger partial charge in [-0.05, 0) is 83.5 Å². The molecule has 0 saturated carbocycles. The van der Waals surface area contributed by atoms with Crippen molar-refractivity contribution in [2.24, 2.45) is 0 Å². The number of unbranched alkanes of at least 4 members (excludes halogenated alkanes) is 28. The fraction of sp³-hybridized carbons (Fsp3) is 0.780. The largest absolute Gasteiger partial charge is 0.756 e. The Morgan fingerprint density at radius 3 is 1.29 bits per heavy atom. The molecule has 0 rings (SSSR count). The van der Waals surface area contributed by atoms with Gasteiger partial charge in [0.2, 0.25) is 5.91 Å². The normalized spacial score (nSPS) is 14.5. The first-order chi connectivity index (χ1) is 33.0. The molecule has 0 heterocycles. The van der Waals surface area contributed by atoms with E-state index in [2.05, 4.69) is 79.9 Å². The minimum atomic E-state index is -4.61. The summed E-state index contributed by atoms with van der Waals surface area (Å²) in [7, 11) is 1.23. The summed E-state index contributed by atoms with van der Waals surface area (Å²) in [6, 6.07) is -0.916. The second-order valence-corrected chi connectivity index (χ2v) is 21.7. The highest BCUT2D eigenvalue weighted by molar-refractivity contribution is 7.45. The molecule has 3 unspecified atom stereocenters. The second-order valence-electron chi connectivity index (χ2n) is 20.3. The lowest BCUT2D eigenvalue weighted by molar-refractivity contribution is -0.870. The van der Waals surface area contributed by atoms with E-state index in [1.54, 1.807) is 6.08 Å². The van der Waals surface area contributed by atoms with Gasteiger partial charge in [-0.1, -0.05) is 228 Å². The second kappa shape index (κ2) is 49.9. The Morgan fingerprint density at radius 2 is 0.868 bits per heavy atom. The van der Waals surface area contributed by atoms with Gasteiger partial charge in [0.25, 0.3) is 7.82 Å². The van der Waals surface area contributed by atoms with Crippen LogP contribution in [-0.4, -0.2) is 68.5 Å². The van der Waals surface area contributed by atoms with Gasteiger partial charge in [-0.25, -0.2) is 0 Å². The van der Waals surface area contributed by atoms with E-state index in [0.717, 1.165) is 57.8 Å². The summed E-state index contributed by atoms with van der Waals surface area (Å²) in [6.07, 6.45) is 68.3. The maximum Gasteiger partial charge on any atom is 0.268 e. The monoisotopic (exact) mass is 973 g/mol. The Labute approximate surface area is 421 Å². The van der Waals surface area contributed by atoms with E-state index in [1.807, 2.05) is 27.2 Å². The molecule has 0 aliphatic rings. The number of phosphoric ester groups is 1. The summed E-state index contributed by atoms with van der Waals surface area (Å²) in [5, 5.41) is 13.9. The fourth-order valence-corrected chi connectivity index (χ4v) is 8.62. The van der Waals surface area contributed by atoms with Crippen LogP contribution in [-0.2, 0) is 18.4 Å². The highest BCUT2D eigenvalue weighted by Crippen LogP contribution is 2.38. The van der Waals surface area contributed by atoms with Crippen molar-refractivity contribution in [1.29, 1.82) is 0 Å². The molecule has 0 spiro atoms. The number of rotatable bonds is 51. The van der Waals surface area contributed by atoms with Crippen LogP contribution in [0.5, 0.6) is 0 Å². The van der Waals surface area contributed by atoms with Crippen LogP contribution in [0.15, 0.2) is 72.9 Å². The number of allylic oxidation sites excluding steroid dienone is 11. The van der Waals surface area contributed by atoms with Crippen molar-refractivity contribution in [2.45, 2.75) is 257 Å². The molecule has 0 fully saturated rings. The van der Waals surface area contributed by atoms with Gasteiger partial charge in [0.15, 0.2) is 0 Å². The molecule has 68 heavy (non-hydrogen) atoms. The van der Waals surface area contributed by atoms with E-state index in [1.165, 1.54) is 167 Å². The summed E-state index contributed by atoms with van der Waals surface area (Å²) in [5.41, 5.74) is 0. The molecule has 0 saturated heterocycles. The van der Waals surface area contributed by atoms with Crippen LogP contribution >= 0.6 is 7.82 Å². The number of nitrogens with zero attached hydrogens (tertiary/aromatic N) is 1. The predicted molar refractivity (Wildman–Crippen MR) is 293 cm³/mol. The molecular formula is C59H109N2O6P. The molecular weight excluding hydrogens is 864 g/mol. The first-order valence-electron chi connectivity index (χ1n) is 28.3. The molecule has 3 atom stereocenters. The van der Waals surface area contributed by atoms with Crippen LogP contribution in [0.3, 0.4) is 0 Å². The van der Waals surface area contributed by atoms with Crippen LogP contribution in [0.4, 0.5) is 0 Å². The number of amides is 1. The van der Waals surface area contributed by atoms with Crippen molar-refractivity contribution in [3.05, 3.63) is 72.9 Å². The molecule has 0 aliphatic heterocycles. The average molecular weight is 974 g/mol. The topological polar surface area (TPSA) is 108 Å². The highest BCUT2D eigenvalue weighted by Gasteiger charge is 2.23. The first-order valence-corrected chi connectivity index (χ1v) is 29.8. The minimum Gasteiger partial charge on any atom is -0.756 e. The summed E-state index contributed by atoms with van der Waals surface area (Å²) in [6.45, 7) is 4.61. The Kier molecular flexibility index (Phi) is 48.4. The lowest BCUT2D eigenvalue weighted by Crippen LogP contribution is -2.45. The van der Waals surface area contributed by atoms with Gasteiger partial charge in [0.1, 0.15) is 13.2 Å². The zero-order valence-corrected chi connectivity index (χ0v) is 45.9. The van der Waals surface area contributed by atoms with Gasteiger partial charge in [-0.2, -0.15) is 0 Å². The van der Waals surface area contributed by atoms with Gasteiger partial charge >= 0.3 is 0 Å². The fourth-order valence-electron chi connectivity index (χ4n) is 7.90. The molecule has 9 heteroatoms. The van der Waals surface area contributed by atoms with Crippen LogP contribution in [0.2, 0.25) is 0 Å². The SMILES string of the molecule is CCCCCCC/C=C\C/C=C\C/C=C\CCCCCCCCCCCCC(=O)NC(COP(=O)([O-])OCC[N+](C)(C)C)C(O)/C=C/CC/C=C/CC/C=C/CCCCCCCCCCCCC. The Hall–Kier alpha value is -2.06. The Morgan fingerprint density at radius 1 is 0.515 bits per heavy atom. The molecule has 1 amide bonds. The quantitative estimate of drug-likeness (QED) is 0.0272. The minimum absolute atomic E-state index is 0.0125. The summed E-state index contributed by atoms with van der Waals surface area (Å²) < 4.78 is 23.3. The number of nitrogens with one attached hydrogen (secondary N) is 1. The zero-order chi connectivity index (χ0) is 49.9. The highest BCUT2D eigenvalue weighted by atomic mass is 31.2. The van der Waals surface area contributed by atoms with Gasteiger partial charge < -0.3 is 28.8 Å². The standard InChI is InChI=1S/C59H109N2O6P/c1-6-8-10-12-14-16-18-20-22-24-26-28-29-30-31-33-35-37-39-41-43-45-47-49-51-53-59(63)60-57(56-67-68(64,65)66-55-54-61(3,4)5)58(62)52-50-48-46-44-42-40-38-36-34-32-27-25-23-21-19-17-15-13-11-9-7-2/h18,20,24,26,29-30,34,36,42,44,50,52,57-58,62H,6-17,19,21-23,25,27-28,31-33,35,37-41,43,45-49,51,53-56H2,1-5H3,(H-,60,63,64,65)/b20-18-,26-24-,30-29-,36-34+,44-42+,52-50+. The molecule has 0 aromatic heterocycles. The summed E-state index contributed by atoms with van der Waals surface area (Å²) in [5.74, 6) is -0.216. The number of hydrogen-bond donors (Lipinski definition) is 2. The van der Waals surface area contributed by atoms with Crippen LogP contribution in [0.1, 0.15) is 245 Å². The van der Waals surface area contributed by atoms with Crippen LogP contribution in [0, 0.1) is 0 Å². The molecule has 0 aliphatic carbocycles. The van der Waals surface area contributed by atoms with E-state index in [-0.39, 0.29) is 12.5 Å². The van der Waals surface area contributed by atoms with Gasteiger partial charge in [0.05, 0.1) is 39.9 Å². The number of carbonyl (C=O) groups is 1. The van der Waals surface area contributed by atoms with E-state index in [9.17, 15) is 19.4 Å². The van der Waals surface area contributed by atoms with E-state index >= 15 is 0 Å². The van der Waals surface area contributed by atoms with Crippen molar-refractivity contribution in [3.8, 4) is 0 Å². The summed E-state index contributed by atoms with van der Waals surface area (Å²) >= 11 is 0. The number of aliphatic hydroxyl groups excluding tert-OH is 1.